The van der Waals surface area contributed by atoms with Gasteiger partial charge in [0.25, 0.3) is 0 Å². The molecule has 4 heteroatoms. The van der Waals surface area contributed by atoms with E-state index >= 15 is 0 Å². The molecule has 0 spiro atoms. The molecule has 0 aliphatic carbocycles. The molecule has 3 nitrogen and oxygen atoms in total. The molecule has 0 bridgehead atoms. The normalized spacial score (nSPS) is 10.7. The standard InChI is InChI=1S/C14H20N2O.ClH/c1-10(2)15-7-6-11-9-16-14-5-4-12(17-3)8-13(11)14;/h4-5,8-10,15-16H,6-7H2,1-3H3;1H. The predicted molar refractivity (Wildman–Crippen MR) is 78.9 cm³/mol. The van der Waals surface area contributed by atoms with Gasteiger partial charge in [-0.1, -0.05) is 13.8 Å². The van der Waals surface area contributed by atoms with Gasteiger partial charge >= 0.3 is 0 Å². The monoisotopic (exact) mass is 268 g/mol. The van der Waals surface area contributed by atoms with E-state index in [1.54, 1.807) is 7.11 Å². The first-order valence-corrected chi connectivity index (χ1v) is 6.08. The quantitative estimate of drug-likeness (QED) is 0.874. The fraction of sp³-hybridized carbons (Fsp3) is 0.429. The summed E-state index contributed by atoms with van der Waals surface area (Å²) in [6.45, 7) is 5.33. The van der Waals surface area contributed by atoms with E-state index in [2.05, 4.69) is 42.5 Å². The Hall–Kier alpha value is -1.19. The Balaban J connectivity index is 0.00000162. The van der Waals surface area contributed by atoms with Gasteiger partial charge in [-0.15, -0.1) is 12.4 Å². The van der Waals surface area contributed by atoms with Crippen LogP contribution in [0.2, 0.25) is 0 Å². The summed E-state index contributed by atoms with van der Waals surface area (Å²) in [5, 5.41) is 4.69. The lowest BCUT2D eigenvalue weighted by Crippen LogP contribution is -2.24. The smallest absolute Gasteiger partial charge is 0.119 e. The van der Waals surface area contributed by atoms with Crippen LogP contribution < -0.4 is 10.1 Å². The zero-order valence-electron chi connectivity index (χ0n) is 11.1. The van der Waals surface area contributed by atoms with Gasteiger partial charge in [0.2, 0.25) is 0 Å². The van der Waals surface area contributed by atoms with Crippen LogP contribution in [0.4, 0.5) is 0 Å². The minimum absolute atomic E-state index is 0. The highest BCUT2D eigenvalue weighted by Gasteiger charge is 2.05. The van der Waals surface area contributed by atoms with Gasteiger partial charge in [0.05, 0.1) is 7.11 Å². The maximum Gasteiger partial charge on any atom is 0.119 e. The molecule has 0 saturated carbocycles. The average Bonchev–Trinajstić information content (AvgIpc) is 2.71. The lowest BCUT2D eigenvalue weighted by Gasteiger charge is -2.07. The van der Waals surface area contributed by atoms with Gasteiger partial charge in [-0.2, -0.15) is 0 Å². The number of ether oxygens (including phenoxy) is 1. The molecule has 0 unspecified atom stereocenters. The highest BCUT2D eigenvalue weighted by atomic mass is 35.5. The Labute approximate surface area is 114 Å². The van der Waals surface area contributed by atoms with E-state index in [9.17, 15) is 0 Å². The lowest BCUT2D eigenvalue weighted by atomic mass is 10.1. The van der Waals surface area contributed by atoms with Crippen molar-refractivity contribution in [2.75, 3.05) is 13.7 Å². The fourth-order valence-corrected chi connectivity index (χ4v) is 1.99. The summed E-state index contributed by atoms with van der Waals surface area (Å²) in [5.41, 5.74) is 2.51. The number of halogens is 1. The second-order valence-electron chi connectivity index (χ2n) is 4.58. The Bertz CT molecular complexity index is 493. The molecule has 18 heavy (non-hydrogen) atoms. The second kappa shape index (κ2) is 6.66. The molecule has 0 saturated heterocycles. The minimum Gasteiger partial charge on any atom is -0.497 e. The van der Waals surface area contributed by atoms with Crippen LogP contribution in [-0.2, 0) is 6.42 Å². The van der Waals surface area contributed by atoms with Crippen LogP contribution in [0.5, 0.6) is 5.75 Å². The fourth-order valence-electron chi connectivity index (χ4n) is 1.99. The van der Waals surface area contributed by atoms with Crippen molar-refractivity contribution < 1.29 is 4.74 Å². The van der Waals surface area contributed by atoms with E-state index in [4.69, 9.17) is 4.74 Å². The summed E-state index contributed by atoms with van der Waals surface area (Å²) >= 11 is 0. The van der Waals surface area contributed by atoms with Crippen molar-refractivity contribution in [3.05, 3.63) is 30.0 Å². The van der Waals surface area contributed by atoms with E-state index in [0.29, 0.717) is 6.04 Å². The van der Waals surface area contributed by atoms with Crippen molar-refractivity contribution in [3.8, 4) is 5.75 Å². The average molecular weight is 269 g/mol. The molecule has 1 aromatic carbocycles. The summed E-state index contributed by atoms with van der Waals surface area (Å²) in [6, 6.07) is 6.67. The number of hydrogen-bond donors (Lipinski definition) is 2. The minimum atomic E-state index is 0. The zero-order chi connectivity index (χ0) is 12.3. The molecular formula is C14H21ClN2O. The number of H-pyrrole nitrogens is 1. The van der Waals surface area contributed by atoms with Crippen LogP contribution in [0.1, 0.15) is 19.4 Å². The van der Waals surface area contributed by atoms with Crippen molar-refractivity contribution in [3.63, 3.8) is 0 Å². The predicted octanol–water partition coefficient (Wildman–Crippen LogP) is 3.14. The number of benzene rings is 1. The third-order valence-corrected chi connectivity index (χ3v) is 2.92. The second-order valence-corrected chi connectivity index (χ2v) is 4.58. The van der Waals surface area contributed by atoms with Crippen LogP contribution >= 0.6 is 12.4 Å². The van der Waals surface area contributed by atoms with Gasteiger partial charge in [0, 0.05) is 23.1 Å². The Morgan fingerprint density at radius 3 is 2.78 bits per heavy atom. The molecule has 1 aromatic heterocycles. The van der Waals surface area contributed by atoms with E-state index in [1.807, 2.05) is 6.07 Å². The van der Waals surface area contributed by atoms with Crippen LogP contribution in [-0.4, -0.2) is 24.7 Å². The van der Waals surface area contributed by atoms with Crippen molar-refractivity contribution in [1.29, 1.82) is 0 Å². The molecule has 100 valence electrons. The van der Waals surface area contributed by atoms with Crippen LogP contribution in [0.15, 0.2) is 24.4 Å². The van der Waals surface area contributed by atoms with E-state index in [0.717, 1.165) is 18.7 Å². The van der Waals surface area contributed by atoms with E-state index in [-0.39, 0.29) is 12.4 Å². The largest absolute Gasteiger partial charge is 0.497 e. The summed E-state index contributed by atoms with van der Waals surface area (Å²) in [6.07, 6.45) is 3.12. The van der Waals surface area contributed by atoms with E-state index < -0.39 is 0 Å². The summed E-state index contributed by atoms with van der Waals surface area (Å²) < 4.78 is 5.26. The summed E-state index contributed by atoms with van der Waals surface area (Å²) in [4.78, 5) is 3.29. The first-order valence-electron chi connectivity index (χ1n) is 6.08. The number of nitrogens with one attached hydrogen (secondary N) is 2. The molecular weight excluding hydrogens is 248 g/mol. The van der Waals surface area contributed by atoms with Crippen LogP contribution in [0, 0.1) is 0 Å². The lowest BCUT2D eigenvalue weighted by molar-refractivity contribution is 0.415. The number of fused-ring (bicyclic) bond motifs is 1. The van der Waals surface area contributed by atoms with Gasteiger partial charge in [-0.05, 0) is 36.7 Å². The molecule has 2 N–H and O–H groups in total. The third-order valence-electron chi connectivity index (χ3n) is 2.92. The topological polar surface area (TPSA) is 37.0 Å². The van der Waals surface area contributed by atoms with Gasteiger partial charge in [-0.3, -0.25) is 0 Å². The molecule has 2 aromatic rings. The molecule has 2 rings (SSSR count). The number of rotatable bonds is 5. The first kappa shape index (κ1) is 14.9. The number of aromatic nitrogens is 1. The molecule has 0 aliphatic rings. The Morgan fingerprint density at radius 1 is 1.33 bits per heavy atom. The van der Waals surface area contributed by atoms with Crippen molar-refractivity contribution in [2.24, 2.45) is 0 Å². The summed E-state index contributed by atoms with van der Waals surface area (Å²) in [7, 11) is 1.70. The molecule has 1 heterocycles. The Kier molecular flexibility index (Phi) is 5.51. The maximum absolute atomic E-state index is 5.26. The van der Waals surface area contributed by atoms with Gasteiger partial charge < -0.3 is 15.0 Å². The van der Waals surface area contributed by atoms with Gasteiger partial charge in [0.15, 0.2) is 0 Å². The third kappa shape index (κ3) is 3.40. The van der Waals surface area contributed by atoms with Gasteiger partial charge in [0.1, 0.15) is 5.75 Å². The SMILES string of the molecule is COc1ccc2[nH]cc(CCNC(C)C)c2c1.Cl. The number of methoxy groups -OCH3 is 1. The molecule has 0 aliphatic heterocycles. The highest BCUT2D eigenvalue weighted by molar-refractivity contribution is 5.85. The summed E-state index contributed by atoms with van der Waals surface area (Å²) in [5.74, 6) is 0.912. The van der Waals surface area contributed by atoms with Crippen LogP contribution in [0.3, 0.4) is 0 Å². The van der Waals surface area contributed by atoms with E-state index in [1.165, 1.54) is 16.5 Å². The van der Waals surface area contributed by atoms with Crippen molar-refractivity contribution in [1.82, 2.24) is 10.3 Å². The number of hydrogen-bond acceptors (Lipinski definition) is 2. The number of aromatic amines is 1. The molecule has 0 atom stereocenters. The van der Waals surface area contributed by atoms with Gasteiger partial charge in [-0.25, -0.2) is 0 Å². The van der Waals surface area contributed by atoms with Crippen molar-refractivity contribution >= 4 is 23.3 Å². The zero-order valence-corrected chi connectivity index (χ0v) is 11.9. The highest BCUT2D eigenvalue weighted by Crippen LogP contribution is 2.23. The van der Waals surface area contributed by atoms with Crippen LogP contribution in [0.25, 0.3) is 10.9 Å². The maximum atomic E-state index is 5.26. The first-order chi connectivity index (χ1) is 8.20. The molecule has 0 radical (unpaired) electrons. The molecule has 0 fully saturated rings. The van der Waals surface area contributed by atoms with Crippen molar-refractivity contribution in [2.45, 2.75) is 26.3 Å². The Morgan fingerprint density at radius 2 is 2.11 bits per heavy atom. The molecule has 0 amide bonds.